The minimum absolute atomic E-state index is 0. The van der Waals surface area contributed by atoms with Gasteiger partial charge in [0, 0.05) is 25.9 Å². The highest BCUT2D eigenvalue weighted by Gasteiger charge is 2.02. The zero-order valence-corrected chi connectivity index (χ0v) is 19.3. The predicted molar refractivity (Wildman–Crippen MR) is 131 cm³/mol. The number of aliphatic imine (C=N–C) groups is 1. The maximum absolute atomic E-state index is 5.79. The van der Waals surface area contributed by atoms with Gasteiger partial charge in [0.15, 0.2) is 5.96 Å². The number of pyridine rings is 1. The summed E-state index contributed by atoms with van der Waals surface area (Å²) in [7, 11) is 1.74. The van der Waals surface area contributed by atoms with Crippen LogP contribution in [0.5, 0.6) is 11.6 Å². The summed E-state index contributed by atoms with van der Waals surface area (Å²) in [5.74, 6) is 2.18. The molecule has 1 aromatic heterocycles. The first-order chi connectivity index (χ1) is 14.3. The van der Waals surface area contributed by atoms with E-state index in [1.165, 1.54) is 0 Å². The first-order valence-electron chi connectivity index (χ1n) is 9.57. The Kier molecular flexibility index (Phi) is 10.5. The van der Waals surface area contributed by atoms with E-state index in [1.54, 1.807) is 13.2 Å². The molecule has 7 heteroatoms. The second-order valence-electron chi connectivity index (χ2n) is 6.29. The first-order valence-corrected chi connectivity index (χ1v) is 9.57. The van der Waals surface area contributed by atoms with Crippen molar-refractivity contribution in [3.05, 3.63) is 90.1 Å². The number of hydrogen-bond acceptors (Lipinski definition) is 4. The number of aromatic nitrogens is 1. The molecule has 3 aromatic rings. The smallest absolute Gasteiger partial charge is 0.213 e. The molecule has 0 bridgehead atoms. The van der Waals surface area contributed by atoms with E-state index in [1.807, 2.05) is 72.8 Å². The lowest BCUT2D eigenvalue weighted by Gasteiger charge is -2.13. The lowest BCUT2D eigenvalue weighted by molar-refractivity contribution is 0.293. The van der Waals surface area contributed by atoms with Gasteiger partial charge in [0.1, 0.15) is 19.0 Å². The van der Waals surface area contributed by atoms with Gasteiger partial charge in [0.05, 0.1) is 6.54 Å². The number of para-hydroxylation sites is 1. The molecule has 6 nitrogen and oxygen atoms in total. The predicted octanol–water partition coefficient (Wildman–Crippen LogP) is 4.02. The highest BCUT2D eigenvalue weighted by molar-refractivity contribution is 14.0. The van der Waals surface area contributed by atoms with Gasteiger partial charge in [0.2, 0.25) is 5.88 Å². The Morgan fingerprint density at radius 1 is 0.900 bits per heavy atom. The SMILES string of the molecule is CN=C(NCCOc1ccccc1)NCc1ccnc(OCc2ccccc2)c1.I. The van der Waals surface area contributed by atoms with Gasteiger partial charge < -0.3 is 20.1 Å². The minimum atomic E-state index is 0. The Labute approximate surface area is 194 Å². The van der Waals surface area contributed by atoms with Crippen molar-refractivity contribution in [3.63, 3.8) is 0 Å². The van der Waals surface area contributed by atoms with Crippen LogP contribution in [0.4, 0.5) is 0 Å². The van der Waals surface area contributed by atoms with Crippen LogP contribution in [0, 0.1) is 0 Å². The minimum Gasteiger partial charge on any atom is -0.492 e. The molecule has 1 heterocycles. The maximum Gasteiger partial charge on any atom is 0.213 e. The summed E-state index contributed by atoms with van der Waals surface area (Å²) in [6, 6.07) is 23.7. The number of nitrogens with one attached hydrogen (secondary N) is 2. The molecule has 0 amide bonds. The molecule has 2 N–H and O–H groups in total. The van der Waals surface area contributed by atoms with Gasteiger partial charge in [-0.05, 0) is 29.3 Å². The Morgan fingerprint density at radius 3 is 2.37 bits per heavy atom. The highest BCUT2D eigenvalue weighted by Crippen LogP contribution is 2.12. The Hall–Kier alpha value is -2.81. The van der Waals surface area contributed by atoms with Crippen molar-refractivity contribution >= 4 is 29.9 Å². The van der Waals surface area contributed by atoms with E-state index in [0.29, 0.717) is 38.1 Å². The van der Waals surface area contributed by atoms with E-state index >= 15 is 0 Å². The Morgan fingerprint density at radius 2 is 1.63 bits per heavy atom. The third-order valence-corrected chi connectivity index (χ3v) is 4.12. The standard InChI is InChI=1S/C23H26N4O2.HI/c1-24-23(26-14-15-28-21-10-6-3-7-11-21)27-17-20-12-13-25-22(16-20)29-18-19-8-4-2-5-9-19;/h2-13,16H,14-15,17-18H2,1H3,(H2,24,26,27);1H. The quantitative estimate of drug-likeness (QED) is 0.194. The second-order valence-corrected chi connectivity index (χ2v) is 6.29. The molecule has 2 aromatic carbocycles. The number of ether oxygens (including phenoxy) is 2. The maximum atomic E-state index is 5.79. The lowest BCUT2D eigenvalue weighted by atomic mass is 10.2. The van der Waals surface area contributed by atoms with E-state index in [0.717, 1.165) is 16.9 Å². The van der Waals surface area contributed by atoms with E-state index in [4.69, 9.17) is 9.47 Å². The molecule has 3 rings (SSSR count). The van der Waals surface area contributed by atoms with Crippen LogP contribution in [0.1, 0.15) is 11.1 Å². The van der Waals surface area contributed by atoms with Crippen molar-refractivity contribution in [2.24, 2.45) is 4.99 Å². The van der Waals surface area contributed by atoms with Gasteiger partial charge in [-0.15, -0.1) is 24.0 Å². The van der Waals surface area contributed by atoms with Crippen LogP contribution < -0.4 is 20.1 Å². The van der Waals surface area contributed by atoms with Crippen LogP contribution in [-0.2, 0) is 13.2 Å². The largest absolute Gasteiger partial charge is 0.492 e. The molecule has 0 unspecified atom stereocenters. The fraction of sp³-hybridized carbons (Fsp3) is 0.217. The number of benzene rings is 2. The van der Waals surface area contributed by atoms with Crippen molar-refractivity contribution in [2.75, 3.05) is 20.2 Å². The van der Waals surface area contributed by atoms with Gasteiger partial charge in [0.25, 0.3) is 0 Å². The molecular formula is C23H27IN4O2. The number of nitrogens with zero attached hydrogens (tertiary/aromatic N) is 2. The monoisotopic (exact) mass is 518 g/mol. The van der Waals surface area contributed by atoms with Gasteiger partial charge in [-0.2, -0.15) is 0 Å². The fourth-order valence-electron chi connectivity index (χ4n) is 2.63. The summed E-state index contributed by atoms with van der Waals surface area (Å²) in [6.45, 7) is 2.31. The molecule has 0 saturated carbocycles. The number of halogens is 1. The van der Waals surface area contributed by atoms with Crippen LogP contribution >= 0.6 is 24.0 Å². The Balaban J connectivity index is 0.00000320. The molecule has 0 spiro atoms. The molecular weight excluding hydrogens is 491 g/mol. The van der Waals surface area contributed by atoms with Crippen molar-refractivity contribution in [1.29, 1.82) is 0 Å². The van der Waals surface area contributed by atoms with Crippen LogP contribution in [-0.4, -0.2) is 31.1 Å². The normalized spacial score (nSPS) is 10.6. The average Bonchev–Trinajstić information content (AvgIpc) is 2.79. The molecule has 158 valence electrons. The summed E-state index contributed by atoms with van der Waals surface area (Å²) in [4.78, 5) is 8.52. The highest BCUT2D eigenvalue weighted by atomic mass is 127. The summed E-state index contributed by atoms with van der Waals surface area (Å²) < 4.78 is 11.5. The van der Waals surface area contributed by atoms with Crippen LogP contribution in [0.25, 0.3) is 0 Å². The molecule has 0 saturated heterocycles. The number of rotatable bonds is 9. The zero-order chi connectivity index (χ0) is 20.2. The Bertz CT molecular complexity index is 892. The van der Waals surface area contributed by atoms with Gasteiger partial charge in [-0.3, -0.25) is 4.99 Å². The molecule has 0 aliphatic heterocycles. The lowest BCUT2D eigenvalue weighted by Crippen LogP contribution is -2.38. The molecule has 0 fully saturated rings. The summed E-state index contributed by atoms with van der Waals surface area (Å²) in [6.07, 6.45) is 1.75. The van der Waals surface area contributed by atoms with Gasteiger partial charge >= 0.3 is 0 Å². The van der Waals surface area contributed by atoms with E-state index in [-0.39, 0.29) is 24.0 Å². The molecule has 0 radical (unpaired) electrons. The van der Waals surface area contributed by atoms with Crippen molar-refractivity contribution in [3.8, 4) is 11.6 Å². The summed E-state index contributed by atoms with van der Waals surface area (Å²) in [5, 5.41) is 6.52. The average molecular weight is 518 g/mol. The molecule has 0 aliphatic rings. The number of guanidine groups is 1. The van der Waals surface area contributed by atoms with E-state index in [9.17, 15) is 0 Å². The van der Waals surface area contributed by atoms with Crippen LogP contribution in [0.3, 0.4) is 0 Å². The fourth-order valence-corrected chi connectivity index (χ4v) is 2.63. The first kappa shape index (κ1) is 23.5. The zero-order valence-electron chi connectivity index (χ0n) is 17.0. The number of hydrogen-bond donors (Lipinski definition) is 2. The third-order valence-electron chi connectivity index (χ3n) is 4.12. The van der Waals surface area contributed by atoms with Crippen molar-refractivity contribution < 1.29 is 9.47 Å². The van der Waals surface area contributed by atoms with Crippen molar-refractivity contribution in [1.82, 2.24) is 15.6 Å². The van der Waals surface area contributed by atoms with Gasteiger partial charge in [-0.25, -0.2) is 4.98 Å². The van der Waals surface area contributed by atoms with Gasteiger partial charge in [-0.1, -0.05) is 48.5 Å². The van der Waals surface area contributed by atoms with Crippen LogP contribution in [0.15, 0.2) is 84.0 Å². The van der Waals surface area contributed by atoms with E-state index in [2.05, 4.69) is 20.6 Å². The molecule has 0 aliphatic carbocycles. The topological polar surface area (TPSA) is 67.8 Å². The second kappa shape index (κ2) is 13.4. The van der Waals surface area contributed by atoms with E-state index < -0.39 is 0 Å². The molecule has 0 atom stereocenters. The van der Waals surface area contributed by atoms with Crippen LogP contribution in [0.2, 0.25) is 0 Å². The van der Waals surface area contributed by atoms with Crippen molar-refractivity contribution in [2.45, 2.75) is 13.2 Å². The summed E-state index contributed by atoms with van der Waals surface area (Å²) >= 11 is 0. The third kappa shape index (κ3) is 8.28. The molecule has 30 heavy (non-hydrogen) atoms. The summed E-state index contributed by atoms with van der Waals surface area (Å²) in [5.41, 5.74) is 2.17.